The number of nitrogens with zero attached hydrogens (tertiary/aromatic N) is 1. The molecule has 2 amide bonds. The van der Waals surface area contributed by atoms with E-state index in [2.05, 4.69) is 31.6 Å². The van der Waals surface area contributed by atoms with Crippen LogP contribution in [0.2, 0.25) is 0 Å². The number of nitrogens with one attached hydrogen (secondary N) is 2. The van der Waals surface area contributed by atoms with E-state index in [1.54, 1.807) is 0 Å². The number of urea groups is 1. The van der Waals surface area contributed by atoms with Gasteiger partial charge >= 0.3 is 6.03 Å². The van der Waals surface area contributed by atoms with E-state index >= 15 is 0 Å². The van der Waals surface area contributed by atoms with Gasteiger partial charge in [-0.05, 0) is 51.0 Å². The van der Waals surface area contributed by atoms with E-state index in [1.165, 1.54) is 0 Å². The molecule has 1 rings (SSSR count). The molecule has 0 heterocycles. The summed E-state index contributed by atoms with van der Waals surface area (Å²) in [4.78, 5) is 15.9. The predicted molar refractivity (Wildman–Crippen MR) is 86.2 cm³/mol. The maximum atomic E-state index is 11.7. The molecule has 0 aliphatic heterocycles. The van der Waals surface area contributed by atoms with Crippen LogP contribution in [0.15, 0.2) is 27.7 Å². The molecular weight excluding hydrogens is 320 g/mol. The van der Waals surface area contributed by atoms with Crippen LogP contribution in [-0.4, -0.2) is 17.5 Å². The predicted octanol–water partition coefficient (Wildman–Crippen LogP) is 3.06. The van der Waals surface area contributed by atoms with Crippen molar-refractivity contribution in [1.29, 1.82) is 0 Å². The summed E-state index contributed by atoms with van der Waals surface area (Å²) < 4.78 is 0.991. The Labute approximate surface area is 128 Å². The minimum Gasteiger partial charge on any atom is -0.369 e. The maximum Gasteiger partial charge on any atom is 0.321 e. The summed E-state index contributed by atoms with van der Waals surface area (Å²) in [7, 11) is 0. The Kier molecular flexibility index (Phi) is 5.56. The van der Waals surface area contributed by atoms with Crippen molar-refractivity contribution in [2.45, 2.75) is 39.7 Å². The van der Waals surface area contributed by atoms with Crippen molar-refractivity contribution in [2.24, 2.45) is 10.7 Å². The smallest absolute Gasteiger partial charge is 0.321 e. The standard InChI is InChI=1S/C14H21BrN4O/c1-5-9-8-10(15)6-7-11(9)17-12(16)18-13(20)19-14(2,3)4/h6-8H,5H2,1-4H3,(H4,16,17,18,19,20). The van der Waals surface area contributed by atoms with E-state index in [-0.39, 0.29) is 17.5 Å². The molecule has 0 bridgehead atoms. The quantitative estimate of drug-likeness (QED) is 0.571. The summed E-state index contributed by atoms with van der Waals surface area (Å²) in [5.74, 6) is 0.0729. The van der Waals surface area contributed by atoms with Crippen LogP contribution < -0.4 is 16.4 Å². The van der Waals surface area contributed by atoms with Crippen LogP contribution in [0.25, 0.3) is 0 Å². The third-order valence-corrected chi connectivity index (χ3v) is 2.89. The van der Waals surface area contributed by atoms with Crippen molar-refractivity contribution in [1.82, 2.24) is 10.6 Å². The second kappa shape index (κ2) is 6.74. The van der Waals surface area contributed by atoms with Crippen LogP contribution in [0.1, 0.15) is 33.3 Å². The summed E-state index contributed by atoms with van der Waals surface area (Å²) in [6.07, 6.45) is 0.833. The number of nitrogens with two attached hydrogens (primary N) is 1. The first kappa shape index (κ1) is 16.5. The van der Waals surface area contributed by atoms with Gasteiger partial charge in [0.15, 0.2) is 0 Å². The minimum atomic E-state index is -0.367. The minimum absolute atomic E-state index is 0.0729. The summed E-state index contributed by atoms with van der Waals surface area (Å²) in [5, 5.41) is 5.27. The molecule has 0 radical (unpaired) electrons. The Hall–Kier alpha value is -1.56. The first-order valence-corrected chi connectivity index (χ1v) is 7.22. The largest absolute Gasteiger partial charge is 0.369 e. The number of carbonyl (C=O) groups is 1. The normalized spacial score (nSPS) is 12.2. The van der Waals surface area contributed by atoms with Gasteiger partial charge in [0.25, 0.3) is 0 Å². The number of carbonyl (C=O) groups excluding carboxylic acids is 1. The van der Waals surface area contributed by atoms with Crippen LogP contribution in [0.3, 0.4) is 0 Å². The number of guanidine groups is 1. The lowest BCUT2D eigenvalue weighted by Crippen LogP contribution is -2.50. The molecule has 0 fully saturated rings. The molecule has 0 spiro atoms. The Morgan fingerprint density at radius 2 is 2.05 bits per heavy atom. The fraction of sp³-hybridized carbons (Fsp3) is 0.429. The van der Waals surface area contributed by atoms with E-state index in [4.69, 9.17) is 5.73 Å². The van der Waals surface area contributed by atoms with Gasteiger partial charge in [-0.1, -0.05) is 22.9 Å². The molecule has 4 N–H and O–H groups in total. The SMILES string of the molecule is CCc1cc(Br)ccc1N=C(N)NC(=O)NC(C)(C)C. The van der Waals surface area contributed by atoms with Gasteiger partial charge in [-0.2, -0.15) is 0 Å². The number of aliphatic imine (C=N–C) groups is 1. The Morgan fingerprint density at radius 3 is 2.60 bits per heavy atom. The summed E-state index contributed by atoms with van der Waals surface area (Å²) in [6.45, 7) is 7.72. The molecule has 0 aliphatic carbocycles. The molecule has 0 atom stereocenters. The van der Waals surface area contributed by atoms with Crippen molar-refractivity contribution in [3.05, 3.63) is 28.2 Å². The highest BCUT2D eigenvalue weighted by atomic mass is 79.9. The van der Waals surface area contributed by atoms with Crippen LogP contribution in [0, 0.1) is 0 Å². The van der Waals surface area contributed by atoms with Crippen molar-refractivity contribution in [3.8, 4) is 0 Å². The van der Waals surface area contributed by atoms with Crippen molar-refractivity contribution < 1.29 is 4.79 Å². The Morgan fingerprint density at radius 1 is 1.40 bits per heavy atom. The van der Waals surface area contributed by atoms with E-state index < -0.39 is 0 Å². The fourth-order valence-electron chi connectivity index (χ4n) is 1.59. The summed E-state index contributed by atoms with van der Waals surface area (Å²) in [6, 6.07) is 5.37. The molecule has 0 aromatic heterocycles. The number of aryl methyl sites for hydroxylation is 1. The fourth-order valence-corrected chi connectivity index (χ4v) is 2.00. The molecule has 0 aliphatic rings. The van der Waals surface area contributed by atoms with E-state index in [1.807, 2.05) is 45.9 Å². The van der Waals surface area contributed by atoms with E-state index in [0.29, 0.717) is 0 Å². The van der Waals surface area contributed by atoms with Gasteiger partial charge in [0.2, 0.25) is 5.96 Å². The number of benzene rings is 1. The van der Waals surface area contributed by atoms with Crippen molar-refractivity contribution in [2.75, 3.05) is 0 Å². The summed E-state index contributed by atoms with van der Waals surface area (Å²) in [5.41, 5.74) is 7.24. The van der Waals surface area contributed by atoms with Crippen LogP contribution in [0.4, 0.5) is 10.5 Å². The van der Waals surface area contributed by atoms with Gasteiger partial charge in [-0.25, -0.2) is 9.79 Å². The number of hydrogen-bond donors (Lipinski definition) is 3. The highest BCUT2D eigenvalue weighted by Crippen LogP contribution is 2.23. The lowest BCUT2D eigenvalue weighted by atomic mass is 10.1. The zero-order valence-corrected chi connectivity index (χ0v) is 13.8. The lowest BCUT2D eigenvalue weighted by Gasteiger charge is -2.20. The zero-order valence-electron chi connectivity index (χ0n) is 12.2. The van der Waals surface area contributed by atoms with E-state index in [0.717, 1.165) is 22.1 Å². The molecule has 1 aromatic rings. The molecular formula is C14H21BrN4O. The third kappa shape index (κ3) is 5.61. The first-order chi connectivity index (χ1) is 9.21. The number of hydrogen-bond acceptors (Lipinski definition) is 2. The average molecular weight is 341 g/mol. The van der Waals surface area contributed by atoms with Gasteiger partial charge in [-0.15, -0.1) is 0 Å². The van der Waals surface area contributed by atoms with Gasteiger partial charge in [0.1, 0.15) is 0 Å². The van der Waals surface area contributed by atoms with Gasteiger partial charge < -0.3 is 11.1 Å². The van der Waals surface area contributed by atoms with Gasteiger partial charge in [0.05, 0.1) is 5.69 Å². The number of rotatable bonds is 2. The molecule has 0 saturated heterocycles. The topological polar surface area (TPSA) is 79.5 Å². The zero-order chi connectivity index (χ0) is 15.3. The second-order valence-corrected chi connectivity index (χ2v) is 6.37. The van der Waals surface area contributed by atoms with Crippen molar-refractivity contribution in [3.63, 3.8) is 0 Å². The average Bonchev–Trinajstić information content (AvgIpc) is 2.28. The molecule has 20 heavy (non-hydrogen) atoms. The second-order valence-electron chi connectivity index (χ2n) is 5.45. The van der Waals surface area contributed by atoms with Crippen molar-refractivity contribution >= 4 is 33.6 Å². The highest BCUT2D eigenvalue weighted by molar-refractivity contribution is 9.10. The Balaban J connectivity index is 2.81. The molecule has 6 heteroatoms. The lowest BCUT2D eigenvalue weighted by molar-refractivity contribution is 0.236. The molecule has 5 nitrogen and oxygen atoms in total. The van der Waals surface area contributed by atoms with Crippen LogP contribution in [-0.2, 0) is 6.42 Å². The number of amides is 2. The van der Waals surface area contributed by atoms with Gasteiger partial charge in [0, 0.05) is 10.0 Å². The molecule has 0 unspecified atom stereocenters. The third-order valence-electron chi connectivity index (χ3n) is 2.39. The first-order valence-electron chi connectivity index (χ1n) is 6.43. The summed E-state index contributed by atoms with van der Waals surface area (Å²) >= 11 is 3.42. The molecule has 1 aromatic carbocycles. The Bertz CT molecular complexity index is 520. The highest BCUT2D eigenvalue weighted by Gasteiger charge is 2.14. The van der Waals surface area contributed by atoms with Crippen LogP contribution in [0.5, 0.6) is 0 Å². The van der Waals surface area contributed by atoms with E-state index in [9.17, 15) is 4.79 Å². The number of halogens is 1. The monoisotopic (exact) mass is 340 g/mol. The van der Waals surface area contributed by atoms with Gasteiger partial charge in [-0.3, -0.25) is 5.32 Å². The molecule has 0 saturated carbocycles. The molecule has 110 valence electrons. The van der Waals surface area contributed by atoms with Crippen LogP contribution >= 0.6 is 15.9 Å². The maximum absolute atomic E-state index is 11.7.